The smallest absolute Gasteiger partial charge is 0.107 e. The molecule has 17 heavy (non-hydrogen) atoms. The SMILES string of the molecule is COCCN(C)Cc1csc(CNC(C)C)n1. The molecule has 1 heterocycles. The molecule has 0 fully saturated rings. The van der Waals surface area contributed by atoms with Crippen molar-refractivity contribution in [3.05, 3.63) is 16.1 Å². The number of aromatic nitrogens is 1. The zero-order chi connectivity index (χ0) is 12.7. The van der Waals surface area contributed by atoms with Crippen LogP contribution in [0, 0.1) is 0 Å². The Morgan fingerprint density at radius 3 is 2.94 bits per heavy atom. The predicted octanol–water partition coefficient (Wildman–Crippen LogP) is 1.72. The molecule has 0 aliphatic heterocycles. The summed E-state index contributed by atoms with van der Waals surface area (Å²) in [5, 5.41) is 6.68. The Morgan fingerprint density at radius 1 is 1.53 bits per heavy atom. The van der Waals surface area contributed by atoms with Crippen LogP contribution in [0.5, 0.6) is 0 Å². The Labute approximate surface area is 108 Å². The standard InChI is InChI=1S/C12H23N3OS/c1-10(2)13-7-12-14-11(9-17-12)8-15(3)5-6-16-4/h9-10,13H,5-8H2,1-4H3. The molecule has 1 N–H and O–H groups in total. The zero-order valence-corrected chi connectivity index (χ0v) is 12.0. The summed E-state index contributed by atoms with van der Waals surface area (Å²) in [6, 6.07) is 0.506. The first-order valence-corrected chi connectivity index (χ1v) is 6.84. The first-order chi connectivity index (χ1) is 8.11. The minimum Gasteiger partial charge on any atom is -0.383 e. The van der Waals surface area contributed by atoms with Gasteiger partial charge in [0.15, 0.2) is 0 Å². The van der Waals surface area contributed by atoms with Crippen molar-refractivity contribution in [3.63, 3.8) is 0 Å². The highest BCUT2D eigenvalue weighted by Crippen LogP contribution is 2.11. The topological polar surface area (TPSA) is 37.4 Å². The summed E-state index contributed by atoms with van der Waals surface area (Å²) in [7, 11) is 3.82. The normalized spacial score (nSPS) is 11.6. The van der Waals surface area contributed by atoms with E-state index in [1.165, 1.54) is 0 Å². The molecule has 1 rings (SSSR count). The van der Waals surface area contributed by atoms with E-state index >= 15 is 0 Å². The summed E-state index contributed by atoms with van der Waals surface area (Å²) in [6.45, 7) is 7.75. The second-order valence-corrected chi connectivity index (χ2v) is 5.44. The molecule has 1 aromatic heterocycles. The van der Waals surface area contributed by atoms with Gasteiger partial charge in [0.25, 0.3) is 0 Å². The van der Waals surface area contributed by atoms with Gasteiger partial charge in [-0.05, 0) is 7.05 Å². The fourth-order valence-electron chi connectivity index (χ4n) is 1.40. The lowest BCUT2D eigenvalue weighted by molar-refractivity contribution is 0.158. The third kappa shape index (κ3) is 6.12. The molecule has 0 spiro atoms. The number of likely N-dealkylation sites (N-methyl/N-ethyl adjacent to an activating group) is 1. The van der Waals surface area contributed by atoms with E-state index in [1.807, 2.05) is 0 Å². The molecule has 0 saturated heterocycles. The molecule has 0 aromatic carbocycles. The molecule has 1 aromatic rings. The van der Waals surface area contributed by atoms with Gasteiger partial charge >= 0.3 is 0 Å². The summed E-state index contributed by atoms with van der Waals surface area (Å²) >= 11 is 1.73. The van der Waals surface area contributed by atoms with Crippen molar-refractivity contribution in [3.8, 4) is 0 Å². The fourth-order valence-corrected chi connectivity index (χ4v) is 2.13. The number of hydrogen-bond donors (Lipinski definition) is 1. The quantitative estimate of drug-likeness (QED) is 0.769. The Kier molecular flexibility index (Phi) is 6.65. The Balaban J connectivity index is 2.34. The van der Waals surface area contributed by atoms with Gasteiger partial charge in [0.05, 0.1) is 12.3 Å². The van der Waals surface area contributed by atoms with Crippen molar-refractivity contribution in [2.24, 2.45) is 0 Å². The first-order valence-electron chi connectivity index (χ1n) is 5.96. The minimum absolute atomic E-state index is 0.506. The molecule has 0 bridgehead atoms. The average Bonchev–Trinajstić information content (AvgIpc) is 2.71. The molecule has 4 nitrogen and oxygen atoms in total. The predicted molar refractivity (Wildman–Crippen MR) is 72.3 cm³/mol. The maximum absolute atomic E-state index is 5.05. The van der Waals surface area contributed by atoms with Gasteiger partial charge in [-0.1, -0.05) is 13.8 Å². The zero-order valence-electron chi connectivity index (χ0n) is 11.2. The second-order valence-electron chi connectivity index (χ2n) is 4.50. The molecule has 0 radical (unpaired) electrons. The lowest BCUT2D eigenvalue weighted by atomic mass is 10.4. The van der Waals surface area contributed by atoms with Gasteiger partial charge in [-0.3, -0.25) is 4.90 Å². The minimum atomic E-state index is 0.506. The highest BCUT2D eigenvalue weighted by Gasteiger charge is 2.05. The number of rotatable bonds is 8. The molecule has 0 aliphatic carbocycles. The van der Waals surface area contributed by atoms with Gasteiger partial charge < -0.3 is 10.1 Å². The lowest BCUT2D eigenvalue weighted by Crippen LogP contribution is -2.23. The van der Waals surface area contributed by atoms with E-state index in [9.17, 15) is 0 Å². The lowest BCUT2D eigenvalue weighted by Gasteiger charge is -2.13. The van der Waals surface area contributed by atoms with Gasteiger partial charge in [-0.2, -0.15) is 0 Å². The number of thiazole rings is 1. The Hall–Kier alpha value is -0.490. The van der Waals surface area contributed by atoms with E-state index in [0.29, 0.717) is 6.04 Å². The molecule has 0 atom stereocenters. The number of nitrogens with zero attached hydrogens (tertiary/aromatic N) is 2. The average molecular weight is 257 g/mol. The van der Waals surface area contributed by atoms with E-state index in [4.69, 9.17) is 4.74 Å². The molecule has 0 saturated carbocycles. The van der Waals surface area contributed by atoms with Crippen molar-refractivity contribution < 1.29 is 4.74 Å². The van der Waals surface area contributed by atoms with Crippen LogP contribution in [-0.4, -0.2) is 43.2 Å². The second kappa shape index (κ2) is 7.76. The van der Waals surface area contributed by atoms with Crippen LogP contribution in [0.1, 0.15) is 24.5 Å². The monoisotopic (exact) mass is 257 g/mol. The number of ether oxygens (including phenoxy) is 1. The third-order valence-electron chi connectivity index (χ3n) is 2.37. The number of hydrogen-bond acceptors (Lipinski definition) is 5. The van der Waals surface area contributed by atoms with Crippen LogP contribution in [-0.2, 0) is 17.8 Å². The van der Waals surface area contributed by atoms with Crippen molar-refractivity contribution in [1.29, 1.82) is 0 Å². The van der Waals surface area contributed by atoms with E-state index in [-0.39, 0.29) is 0 Å². The molecule has 5 heteroatoms. The number of nitrogens with one attached hydrogen (secondary N) is 1. The van der Waals surface area contributed by atoms with Crippen LogP contribution in [0.25, 0.3) is 0 Å². The van der Waals surface area contributed by atoms with E-state index in [0.717, 1.165) is 36.9 Å². The van der Waals surface area contributed by atoms with Crippen molar-refractivity contribution in [2.45, 2.75) is 33.0 Å². The fraction of sp³-hybridized carbons (Fsp3) is 0.750. The molecule has 0 aliphatic rings. The number of methoxy groups -OCH3 is 1. The molecule has 98 valence electrons. The molecular formula is C12H23N3OS. The summed E-state index contributed by atoms with van der Waals surface area (Å²) in [5.41, 5.74) is 1.15. The van der Waals surface area contributed by atoms with Crippen LogP contribution >= 0.6 is 11.3 Å². The summed E-state index contributed by atoms with van der Waals surface area (Å²) in [6.07, 6.45) is 0. The van der Waals surface area contributed by atoms with E-state index in [1.54, 1.807) is 18.4 Å². The van der Waals surface area contributed by atoms with Gasteiger partial charge in [0, 0.05) is 38.2 Å². The Bertz CT molecular complexity index is 314. The van der Waals surface area contributed by atoms with Crippen LogP contribution < -0.4 is 5.32 Å². The molecule has 0 amide bonds. The van der Waals surface area contributed by atoms with Gasteiger partial charge in [0.2, 0.25) is 0 Å². The van der Waals surface area contributed by atoms with Crippen LogP contribution in [0.4, 0.5) is 0 Å². The first kappa shape index (κ1) is 14.6. The summed E-state index contributed by atoms with van der Waals surface area (Å²) in [5.74, 6) is 0. The van der Waals surface area contributed by atoms with Crippen LogP contribution in [0.2, 0.25) is 0 Å². The van der Waals surface area contributed by atoms with E-state index in [2.05, 4.69) is 41.5 Å². The largest absolute Gasteiger partial charge is 0.383 e. The van der Waals surface area contributed by atoms with Crippen LogP contribution in [0.15, 0.2) is 5.38 Å². The molecule has 0 unspecified atom stereocenters. The van der Waals surface area contributed by atoms with Crippen molar-refractivity contribution in [1.82, 2.24) is 15.2 Å². The molecular weight excluding hydrogens is 234 g/mol. The van der Waals surface area contributed by atoms with Crippen molar-refractivity contribution >= 4 is 11.3 Å². The van der Waals surface area contributed by atoms with Crippen LogP contribution in [0.3, 0.4) is 0 Å². The van der Waals surface area contributed by atoms with Gasteiger partial charge in [-0.25, -0.2) is 4.98 Å². The maximum Gasteiger partial charge on any atom is 0.107 e. The highest BCUT2D eigenvalue weighted by molar-refractivity contribution is 7.09. The summed E-state index contributed by atoms with van der Waals surface area (Å²) in [4.78, 5) is 6.82. The highest BCUT2D eigenvalue weighted by atomic mass is 32.1. The maximum atomic E-state index is 5.05. The van der Waals surface area contributed by atoms with Gasteiger partial charge in [-0.15, -0.1) is 11.3 Å². The Morgan fingerprint density at radius 2 is 2.29 bits per heavy atom. The summed E-state index contributed by atoms with van der Waals surface area (Å²) < 4.78 is 5.05. The van der Waals surface area contributed by atoms with E-state index < -0.39 is 0 Å². The van der Waals surface area contributed by atoms with Crippen molar-refractivity contribution in [2.75, 3.05) is 27.3 Å². The van der Waals surface area contributed by atoms with Gasteiger partial charge in [0.1, 0.15) is 5.01 Å². The third-order valence-corrected chi connectivity index (χ3v) is 3.27.